The van der Waals surface area contributed by atoms with Crippen LogP contribution in [-0.2, 0) is 47.0 Å². The van der Waals surface area contributed by atoms with Gasteiger partial charge in [0.1, 0.15) is 12.2 Å². The first kappa shape index (κ1) is 33.3. The smallest absolute Gasteiger partial charge is 0.438 e. The molecule has 0 aromatic heterocycles. The molecule has 216 valence electrons. The van der Waals surface area contributed by atoms with Crippen LogP contribution in [0.1, 0.15) is 34.6 Å². The Hall–Kier alpha value is -1.68. The fourth-order valence-corrected chi connectivity index (χ4v) is 3.64. The topological polar surface area (TPSA) is 180 Å². The van der Waals surface area contributed by atoms with Crippen LogP contribution in [0.5, 0.6) is 0 Å². The average Bonchev–Trinajstić information content (AvgIpc) is 3.13. The van der Waals surface area contributed by atoms with Gasteiger partial charge < -0.3 is 29.7 Å². The number of esters is 2. The van der Waals surface area contributed by atoms with E-state index < -0.39 is 82.3 Å². The third-order valence-electron chi connectivity index (χ3n) is 5.04. The van der Waals surface area contributed by atoms with Gasteiger partial charge in [-0.15, -0.1) is 0 Å². The molecule has 14 nitrogen and oxygen atoms in total. The van der Waals surface area contributed by atoms with Gasteiger partial charge in [0.25, 0.3) is 0 Å². The van der Waals surface area contributed by atoms with Crippen LogP contribution >= 0.6 is 7.82 Å². The summed E-state index contributed by atoms with van der Waals surface area (Å²) in [4.78, 5) is 33.9. The third kappa shape index (κ3) is 10.9. The van der Waals surface area contributed by atoms with Crippen molar-refractivity contribution in [3.8, 4) is 0 Å². The average molecular weight is 561 g/mol. The van der Waals surface area contributed by atoms with Crippen LogP contribution in [0.4, 0.5) is 4.39 Å². The van der Waals surface area contributed by atoms with E-state index in [-0.39, 0.29) is 13.3 Å². The summed E-state index contributed by atoms with van der Waals surface area (Å²) in [6, 6.07) is 0. The fourth-order valence-electron chi connectivity index (χ4n) is 2.67. The number of aliphatic hydroxyl groups is 3. The third-order valence-corrected chi connectivity index (χ3v) is 6.35. The quantitative estimate of drug-likeness (QED) is 0.106. The molecule has 16 heteroatoms. The molecule has 0 bridgehead atoms. The Balaban J connectivity index is 2.90. The van der Waals surface area contributed by atoms with E-state index in [9.17, 15) is 33.9 Å². The lowest BCUT2D eigenvalue weighted by atomic mass is 9.87. The predicted octanol–water partition coefficient (Wildman–Crippen LogP) is 1.21. The number of carbonyl (C=O) groups is 2. The molecule has 1 heterocycles. The summed E-state index contributed by atoms with van der Waals surface area (Å²) in [5.41, 5.74) is -2.34. The number of carbonyl (C=O) groups excluding carboxylic acids is 2. The van der Waals surface area contributed by atoms with Crippen molar-refractivity contribution in [1.29, 1.82) is 0 Å². The summed E-state index contributed by atoms with van der Waals surface area (Å²) in [6.45, 7) is 3.15. The number of nitrogens with zero attached hydrogens (tertiary/aromatic N) is 1. The number of aliphatic hydroxyl groups excluding tert-OH is 2. The van der Waals surface area contributed by atoms with Crippen molar-refractivity contribution in [2.45, 2.75) is 52.6 Å². The molecule has 0 aliphatic carbocycles. The van der Waals surface area contributed by atoms with E-state index in [2.05, 4.69) is 0 Å². The summed E-state index contributed by atoms with van der Waals surface area (Å²) in [7, 11) is -4.64. The second kappa shape index (κ2) is 15.7. The van der Waals surface area contributed by atoms with Crippen LogP contribution in [-0.4, -0.2) is 90.3 Å². The number of ether oxygens (including phenoxy) is 2. The van der Waals surface area contributed by atoms with E-state index in [1.807, 2.05) is 0 Å². The molecule has 37 heavy (non-hydrogen) atoms. The van der Waals surface area contributed by atoms with Crippen molar-refractivity contribution >= 4 is 19.8 Å². The van der Waals surface area contributed by atoms with Gasteiger partial charge in [0.05, 0.1) is 31.2 Å². The van der Waals surface area contributed by atoms with Crippen molar-refractivity contribution in [2.24, 2.45) is 17.8 Å². The molecule has 0 amide bonds. The van der Waals surface area contributed by atoms with Crippen LogP contribution in [0, 0.1) is 17.8 Å². The number of hydrogen-bond donors (Lipinski definition) is 3. The molecule has 1 aliphatic heterocycles. The van der Waals surface area contributed by atoms with Crippen LogP contribution in [0.2, 0.25) is 0 Å². The van der Waals surface area contributed by atoms with Crippen LogP contribution in [0.3, 0.4) is 0 Å². The first-order valence-corrected chi connectivity index (χ1v) is 12.9. The number of alkyl halides is 1. The summed E-state index contributed by atoms with van der Waals surface area (Å²) in [6.07, 6.45) is -0.916. The molecule has 0 saturated carbocycles. The largest absolute Gasteiger partial charge is 0.480 e. The van der Waals surface area contributed by atoms with Gasteiger partial charge in [-0.2, -0.15) is 0 Å². The lowest BCUT2D eigenvalue weighted by molar-refractivity contribution is -0.315. The Labute approximate surface area is 214 Å². The van der Waals surface area contributed by atoms with Gasteiger partial charge >= 0.3 is 19.8 Å². The van der Waals surface area contributed by atoms with Gasteiger partial charge in [-0.3, -0.25) is 18.5 Å². The first-order chi connectivity index (χ1) is 17.2. The van der Waals surface area contributed by atoms with E-state index in [1.165, 1.54) is 12.3 Å². The predicted molar refractivity (Wildman–Crippen MR) is 122 cm³/mol. The fraction of sp³-hybridized carbons (Fsp3) is 0.810. The molecule has 0 radical (unpaired) electrons. The van der Waals surface area contributed by atoms with Crippen LogP contribution < -0.4 is 0 Å². The number of halogens is 1. The Morgan fingerprint density at radius 1 is 1.05 bits per heavy atom. The molecule has 0 fully saturated rings. The van der Waals surface area contributed by atoms with Crippen molar-refractivity contribution < 1.29 is 66.7 Å². The maximum Gasteiger partial charge on any atom is 0.480 e. The molecular formula is C21H37FNO13P. The first-order valence-electron chi connectivity index (χ1n) is 11.4. The minimum Gasteiger partial charge on any atom is -0.438 e. The highest BCUT2D eigenvalue weighted by Gasteiger charge is 2.45. The molecular weight excluding hydrogens is 524 g/mol. The van der Waals surface area contributed by atoms with Gasteiger partial charge in [0.15, 0.2) is 13.0 Å². The minimum atomic E-state index is -4.64. The number of phosphoric acid groups is 1. The highest BCUT2D eigenvalue weighted by Crippen LogP contribution is 2.50. The molecule has 0 spiro atoms. The van der Waals surface area contributed by atoms with E-state index in [4.69, 9.17) is 32.8 Å². The molecule has 1 aliphatic rings. The molecule has 3 N–H and O–H groups in total. The Morgan fingerprint density at radius 2 is 1.59 bits per heavy atom. The van der Waals surface area contributed by atoms with E-state index in [0.29, 0.717) is 0 Å². The molecule has 0 unspecified atom stereocenters. The molecule has 0 saturated heterocycles. The lowest BCUT2D eigenvalue weighted by Crippen LogP contribution is -2.59. The Morgan fingerprint density at radius 3 is 2.08 bits per heavy atom. The van der Waals surface area contributed by atoms with Gasteiger partial charge in [0.2, 0.25) is 13.6 Å². The molecule has 0 aromatic carbocycles. The zero-order valence-corrected chi connectivity index (χ0v) is 22.4. The highest BCUT2D eigenvalue weighted by molar-refractivity contribution is 7.48. The Bertz CT molecular complexity index is 764. The molecule has 0 aromatic rings. The number of rotatable bonds is 16. The zero-order chi connectivity index (χ0) is 28.2. The van der Waals surface area contributed by atoms with Crippen molar-refractivity contribution in [1.82, 2.24) is 4.90 Å². The van der Waals surface area contributed by atoms with Gasteiger partial charge in [-0.05, 0) is 13.0 Å². The van der Waals surface area contributed by atoms with E-state index in [1.54, 1.807) is 27.7 Å². The monoisotopic (exact) mass is 561 g/mol. The highest BCUT2D eigenvalue weighted by atomic mass is 31.2. The zero-order valence-electron chi connectivity index (χ0n) is 21.5. The SMILES string of the molecule is CC(C)C(=O)OCOP(=O)(OCOC(=O)C(C)C)OC[C@H](CF)[C@@H](O)[C@@](C)(O)[C@@H](O)N1C=CCOOC1. The van der Waals surface area contributed by atoms with Crippen molar-refractivity contribution in [2.75, 3.05) is 40.2 Å². The number of hydrogen-bond acceptors (Lipinski definition) is 14. The normalized spacial score (nSPS) is 18.7. The minimum absolute atomic E-state index is 0.0725. The summed E-state index contributed by atoms with van der Waals surface area (Å²) < 4.78 is 51.4. The maximum absolute atomic E-state index is 13.9. The lowest BCUT2D eigenvalue weighted by Gasteiger charge is -2.40. The van der Waals surface area contributed by atoms with Gasteiger partial charge in [-0.1, -0.05) is 27.7 Å². The molecule has 1 rings (SSSR count). The summed E-state index contributed by atoms with van der Waals surface area (Å²) >= 11 is 0. The standard InChI is InChI=1S/C21H37FNO13P/c1-14(2)18(25)30-12-35-37(29,36-13-31-19(26)15(3)4)34-10-16(9-22)17(24)21(5,28)20(27)23-7-6-8-32-33-11-23/h6-7,14-17,20,24,27-28H,8-13H2,1-5H3/t16-,17+,20+,21+/m0/s1. The maximum atomic E-state index is 13.9. The van der Waals surface area contributed by atoms with E-state index >= 15 is 0 Å². The summed E-state index contributed by atoms with van der Waals surface area (Å²) in [5, 5.41) is 32.0. The van der Waals surface area contributed by atoms with Crippen molar-refractivity contribution in [3.05, 3.63) is 12.3 Å². The van der Waals surface area contributed by atoms with Crippen LogP contribution in [0.15, 0.2) is 12.3 Å². The number of phosphoric ester groups is 1. The second-order valence-electron chi connectivity index (χ2n) is 8.86. The van der Waals surface area contributed by atoms with Gasteiger partial charge in [-0.25, -0.2) is 23.4 Å². The van der Waals surface area contributed by atoms with Gasteiger partial charge in [0, 0.05) is 12.1 Å². The Kier molecular flexibility index (Phi) is 14.1. The summed E-state index contributed by atoms with van der Waals surface area (Å²) in [5.74, 6) is -3.96. The van der Waals surface area contributed by atoms with E-state index in [0.717, 1.165) is 11.8 Å². The second-order valence-corrected chi connectivity index (χ2v) is 10.5. The molecule has 4 atom stereocenters. The van der Waals surface area contributed by atoms with Crippen molar-refractivity contribution in [3.63, 3.8) is 0 Å². The van der Waals surface area contributed by atoms with Crippen LogP contribution in [0.25, 0.3) is 0 Å².